The first-order valence-electron chi connectivity index (χ1n) is 10.1. The Balaban J connectivity index is 1.64. The van der Waals surface area contributed by atoms with Gasteiger partial charge in [0.05, 0.1) is 11.3 Å². The molecule has 1 saturated heterocycles. The molecule has 0 aliphatic carbocycles. The number of nitriles is 1. The second-order valence-corrected chi connectivity index (χ2v) is 9.75. The molecule has 1 aliphatic rings. The molecule has 2 aromatic carbocycles. The van der Waals surface area contributed by atoms with Gasteiger partial charge in [0.15, 0.2) is 0 Å². The van der Waals surface area contributed by atoms with Crippen molar-refractivity contribution in [3.63, 3.8) is 0 Å². The highest BCUT2D eigenvalue weighted by Gasteiger charge is 2.28. The molecule has 0 atom stereocenters. The molecule has 4 rings (SSSR count). The van der Waals surface area contributed by atoms with Crippen LogP contribution in [-0.4, -0.2) is 42.7 Å². The summed E-state index contributed by atoms with van der Waals surface area (Å²) in [6.07, 6.45) is 4.47. The third-order valence-corrected chi connectivity index (χ3v) is 7.48. The lowest BCUT2D eigenvalue weighted by Gasteiger charge is -2.31. The Morgan fingerprint density at radius 1 is 1.19 bits per heavy atom. The van der Waals surface area contributed by atoms with Gasteiger partial charge in [-0.05, 0) is 66.6 Å². The van der Waals surface area contributed by atoms with E-state index in [9.17, 15) is 12.8 Å². The van der Waals surface area contributed by atoms with Gasteiger partial charge in [0.25, 0.3) is 0 Å². The van der Waals surface area contributed by atoms with Crippen LogP contribution >= 0.6 is 0 Å². The van der Waals surface area contributed by atoms with Crippen LogP contribution in [0.1, 0.15) is 25.3 Å². The lowest BCUT2D eigenvalue weighted by molar-refractivity contribution is 0.137. The van der Waals surface area contributed by atoms with Crippen molar-refractivity contribution in [1.29, 1.82) is 5.26 Å². The molecule has 0 unspecified atom stereocenters. The van der Waals surface area contributed by atoms with Crippen LogP contribution in [0.2, 0.25) is 0 Å². The number of fused-ring (bicyclic) bond motifs is 1. The van der Waals surface area contributed by atoms with Crippen molar-refractivity contribution >= 4 is 20.8 Å². The second kappa shape index (κ2) is 8.61. The van der Waals surface area contributed by atoms with E-state index in [1.807, 2.05) is 24.3 Å². The van der Waals surface area contributed by atoms with Crippen LogP contribution in [0.5, 0.6) is 5.75 Å². The van der Waals surface area contributed by atoms with Gasteiger partial charge < -0.3 is 4.74 Å². The summed E-state index contributed by atoms with van der Waals surface area (Å²) in [6.45, 7) is 2.50. The number of aromatic nitrogens is 1. The van der Waals surface area contributed by atoms with Gasteiger partial charge in [-0.1, -0.05) is 6.07 Å². The zero-order valence-corrected chi connectivity index (χ0v) is 17.9. The smallest absolute Gasteiger partial charge is 0.213 e. The first-order chi connectivity index (χ1) is 14.9. The van der Waals surface area contributed by atoms with Crippen molar-refractivity contribution in [3.8, 4) is 22.9 Å². The molecule has 1 aliphatic heterocycles. The second-order valence-electron chi connectivity index (χ2n) is 7.49. The Bertz CT molecular complexity index is 1260. The molecule has 1 aromatic heterocycles. The number of sulfonamides is 1. The van der Waals surface area contributed by atoms with Gasteiger partial charge in [-0.3, -0.25) is 4.98 Å². The molecule has 0 saturated carbocycles. The quantitative estimate of drug-likeness (QED) is 0.598. The summed E-state index contributed by atoms with van der Waals surface area (Å²) in [7, 11) is -3.20. The Morgan fingerprint density at radius 3 is 2.65 bits per heavy atom. The van der Waals surface area contributed by atoms with Gasteiger partial charge >= 0.3 is 0 Å². The minimum Gasteiger partial charge on any atom is -0.490 e. The van der Waals surface area contributed by atoms with Crippen LogP contribution in [0.25, 0.3) is 21.9 Å². The number of rotatable bonds is 5. The van der Waals surface area contributed by atoms with E-state index in [1.54, 1.807) is 25.4 Å². The summed E-state index contributed by atoms with van der Waals surface area (Å²) in [5.74, 6) is 0.154. The van der Waals surface area contributed by atoms with Crippen LogP contribution < -0.4 is 4.74 Å². The number of nitrogens with zero attached hydrogens (tertiary/aromatic N) is 3. The number of halogens is 1. The Hall–Kier alpha value is -3.02. The number of hydrogen-bond donors (Lipinski definition) is 0. The molecule has 6 nitrogen and oxygen atoms in total. The van der Waals surface area contributed by atoms with E-state index in [0.29, 0.717) is 37.2 Å². The zero-order chi connectivity index (χ0) is 22.0. The zero-order valence-electron chi connectivity index (χ0n) is 17.1. The SMILES string of the molecule is CCS(=O)(=O)N1CCC(Oc2cc(-c3ccc(C#N)c(F)c3)cc3ccncc23)CC1. The monoisotopic (exact) mass is 439 g/mol. The van der Waals surface area contributed by atoms with E-state index in [0.717, 1.165) is 16.3 Å². The van der Waals surface area contributed by atoms with Gasteiger partial charge in [0.1, 0.15) is 23.7 Å². The highest BCUT2D eigenvalue weighted by molar-refractivity contribution is 7.89. The van der Waals surface area contributed by atoms with E-state index in [2.05, 4.69) is 4.98 Å². The van der Waals surface area contributed by atoms with E-state index < -0.39 is 15.8 Å². The van der Waals surface area contributed by atoms with Crippen molar-refractivity contribution in [1.82, 2.24) is 9.29 Å². The minimum absolute atomic E-state index is 0.000922. The molecule has 0 amide bonds. The molecule has 1 fully saturated rings. The number of piperidine rings is 1. The molecular formula is C23H22FN3O3S. The summed E-state index contributed by atoms with van der Waals surface area (Å²) in [5, 5.41) is 10.7. The van der Waals surface area contributed by atoms with E-state index in [1.165, 1.54) is 16.4 Å². The third-order valence-electron chi connectivity index (χ3n) is 5.59. The first kappa shape index (κ1) is 21.2. The molecule has 3 aromatic rings. The first-order valence-corrected chi connectivity index (χ1v) is 11.7. The number of pyridine rings is 1. The van der Waals surface area contributed by atoms with Crippen molar-refractivity contribution in [3.05, 3.63) is 60.2 Å². The maximum Gasteiger partial charge on any atom is 0.213 e. The molecule has 31 heavy (non-hydrogen) atoms. The predicted octanol–water partition coefficient (Wildman–Crippen LogP) is 4.11. The van der Waals surface area contributed by atoms with Crippen LogP contribution in [-0.2, 0) is 10.0 Å². The van der Waals surface area contributed by atoms with Crippen molar-refractivity contribution in [2.45, 2.75) is 25.9 Å². The molecule has 0 spiro atoms. The van der Waals surface area contributed by atoms with Crippen molar-refractivity contribution in [2.24, 2.45) is 0 Å². The highest BCUT2D eigenvalue weighted by Crippen LogP contribution is 2.34. The van der Waals surface area contributed by atoms with Gasteiger partial charge in [-0.15, -0.1) is 0 Å². The lowest BCUT2D eigenvalue weighted by Crippen LogP contribution is -2.42. The summed E-state index contributed by atoms with van der Waals surface area (Å²) in [5.41, 5.74) is 1.41. The van der Waals surface area contributed by atoms with Crippen LogP contribution in [0.3, 0.4) is 0 Å². The highest BCUT2D eigenvalue weighted by atomic mass is 32.2. The molecular weight excluding hydrogens is 417 g/mol. The van der Waals surface area contributed by atoms with Gasteiger partial charge in [0, 0.05) is 30.9 Å². The predicted molar refractivity (Wildman–Crippen MR) is 117 cm³/mol. The molecule has 8 heteroatoms. The van der Waals surface area contributed by atoms with Gasteiger partial charge in [0.2, 0.25) is 10.0 Å². The van der Waals surface area contributed by atoms with Crippen LogP contribution in [0, 0.1) is 17.1 Å². The average molecular weight is 440 g/mol. The maximum absolute atomic E-state index is 14.2. The normalized spacial score (nSPS) is 15.6. The molecule has 0 N–H and O–H groups in total. The van der Waals surface area contributed by atoms with E-state index >= 15 is 0 Å². The topological polar surface area (TPSA) is 83.3 Å². The third kappa shape index (κ3) is 4.38. The van der Waals surface area contributed by atoms with Gasteiger partial charge in [-0.25, -0.2) is 17.1 Å². The van der Waals surface area contributed by atoms with E-state index in [-0.39, 0.29) is 17.4 Å². The molecule has 0 bridgehead atoms. The Labute approximate surface area is 180 Å². The largest absolute Gasteiger partial charge is 0.490 e. The summed E-state index contributed by atoms with van der Waals surface area (Å²) < 4.78 is 46.2. The molecule has 0 radical (unpaired) electrons. The van der Waals surface area contributed by atoms with Gasteiger partial charge in [-0.2, -0.15) is 5.26 Å². The van der Waals surface area contributed by atoms with Crippen LogP contribution in [0.15, 0.2) is 48.8 Å². The average Bonchev–Trinajstić information content (AvgIpc) is 2.79. The number of ether oxygens (including phenoxy) is 1. The fourth-order valence-corrected chi connectivity index (χ4v) is 4.94. The Morgan fingerprint density at radius 2 is 1.97 bits per heavy atom. The summed E-state index contributed by atoms with van der Waals surface area (Å²) >= 11 is 0. The number of benzene rings is 2. The number of hydrogen-bond acceptors (Lipinski definition) is 5. The lowest BCUT2D eigenvalue weighted by atomic mass is 10.00. The summed E-state index contributed by atoms with van der Waals surface area (Å²) in [4.78, 5) is 4.20. The van der Waals surface area contributed by atoms with E-state index in [4.69, 9.17) is 10.00 Å². The van der Waals surface area contributed by atoms with Crippen LogP contribution in [0.4, 0.5) is 4.39 Å². The maximum atomic E-state index is 14.2. The summed E-state index contributed by atoms with van der Waals surface area (Å²) in [6, 6.07) is 12.0. The fraction of sp³-hybridized carbons (Fsp3) is 0.304. The minimum atomic E-state index is -3.20. The molecule has 160 valence electrons. The molecule has 2 heterocycles. The van der Waals surface area contributed by atoms with Crippen molar-refractivity contribution < 1.29 is 17.5 Å². The Kier molecular flexibility index (Phi) is 5.90. The fourth-order valence-electron chi connectivity index (χ4n) is 3.80. The standard InChI is InChI=1S/C23H22FN3O3S/c1-2-31(28,29)27-9-6-20(7-10-27)30-23-13-19(11-17-5-8-26-15-21(17)23)16-3-4-18(14-25)22(24)12-16/h3-5,8,11-13,15,20H,2,6-7,9-10H2,1H3. The van der Waals surface area contributed by atoms with Crippen molar-refractivity contribution in [2.75, 3.05) is 18.8 Å².